The highest BCUT2D eigenvalue weighted by molar-refractivity contribution is 6.04. The molecule has 0 aromatic heterocycles. The lowest BCUT2D eigenvalue weighted by atomic mass is 9.79. The zero-order chi connectivity index (χ0) is 31.1. The molecule has 0 bridgehead atoms. The molecule has 6 rings (SSSR count). The largest absolute Gasteiger partial charge is 0.497 e. The van der Waals surface area contributed by atoms with Gasteiger partial charge in [-0.05, 0) is 78.8 Å². The van der Waals surface area contributed by atoms with E-state index >= 15 is 0 Å². The number of benzene rings is 4. The molecule has 0 radical (unpaired) electrons. The topological polar surface area (TPSA) is 63.2 Å². The minimum absolute atomic E-state index is 0.260. The molecule has 6 nitrogen and oxygen atoms in total. The summed E-state index contributed by atoms with van der Waals surface area (Å²) in [7, 11) is 1.66. The van der Waals surface area contributed by atoms with Crippen LogP contribution in [0.5, 0.6) is 5.75 Å². The van der Waals surface area contributed by atoms with E-state index in [1.807, 2.05) is 79.7 Å². The van der Waals surface area contributed by atoms with E-state index in [0.29, 0.717) is 6.54 Å². The second-order valence-electron chi connectivity index (χ2n) is 12.0. The van der Waals surface area contributed by atoms with Crippen molar-refractivity contribution in [2.75, 3.05) is 25.6 Å². The van der Waals surface area contributed by atoms with Crippen LogP contribution in [-0.4, -0.2) is 37.0 Å². The highest BCUT2D eigenvalue weighted by Crippen LogP contribution is 2.50. The number of anilines is 1. The molecular weight excluding hydrogens is 558 g/mol. The summed E-state index contributed by atoms with van der Waals surface area (Å²) in [5, 5.41) is 3.68. The molecule has 1 saturated carbocycles. The molecule has 0 amide bonds. The molecule has 0 unspecified atom stereocenters. The van der Waals surface area contributed by atoms with Crippen molar-refractivity contribution >= 4 is 17.5 Å². The Morgan fingerprint density at radius 2 is 1.53 bits per heavy atom. The van der Waals surface area contributed by atoms with Crippen LogP contribution < -0.4 is 10.1 Å². The summed E-state index contributed by atoms with van der Waals surface area (Å²) in [6.07, 6.45) is 6.61. The second-order valence-corrected chi connectivity index (χ2v) is 12.0. The zero-order valence-electron chi connectivity index (χ0n) is 26.3. The van der Waals surface area contributed by atoms with Crippen molar-refractivity contribution in [3.8, 4) is 5.75 Å². The van der Waals surface area contributed by atoms with E-state index in [1.54, 1.807) is 7.11 Å². The maximum atomic E-state index is 14.4. The zero-order valence-corrected chi connectivity index (χ0v) is 26.3. The van der Waals surface area contributed by atoms with E-state index in [0.717, 1.165) is 52.0 Å². The summed E-state index contributed by atoms with van der Waals surface area (Å²) < 4.78 is 11.3. The number of rotatable bonds is 11. The van der Waals surface area contributed by atoms with Gasteiger partial charge in [-0.3, -0.25) is 0 Å². The number of nitrogens with zero attached hydrogens (tertiary/aromatic N) is 2. The van der Waals surface area contributed by atoms with Gasteiger partial charge in [-0.2, -0.15) is 0 Å². The molecule has 1 heterocycles. The predicted molar refractivity (Wildman–Crippen MR) is 181 cm³/mol. The van der Waals surface area contributed by atoms with E-state index in [-0.39, 0.29) is 12.6 Å². The van der Waals surface area contributed by atoms with Crippen LogP contribution in [0, 0.1) is 5.92 Å². The van der Waals surface area contributed by atoms with Crippen molar-refractivity contribution < 1.29 is 14.3 Å². The summed E-state index contributed by atoms with van der Waals surface area (Å²) in [5.41, 5.74) is 3.60. The average Bonchev–Trinajstić information content (AvgIpc) is 3.44. The molecule has 4 aromatic rings. The fraction of sp³-hybridized carbons (Fsp3) is 0.333. The van der Waals surface area contributed by atoms with Crippen LogP contribution in [-0.2, 0) is 21.6 Å². The Morgan fingerprint density at radius 3 is 2.18 bits per heavy atom. The van der Waals surface area contributed by atoms with E-state index in [4.69, 9.17) is 14.5 Å². The van der Waals surface area contributed by atoms with Crippen molar-refractivity contribution in [3.63, 3.8) is 0 Å². The van der Waals surface area contributed by atoms with E-state index in [2.05, 4.69) is 46.6 Å². The Bertz CT molecular complexity index is 1570. The first-order valence-electron chi connectivity index (χ1n) is 16.2. The SMILES string of the molecule is CCOC(=O)[C@]1(c2ccccc2)N=C(c2ccc(OC)cc2)N(Cc2ccccc2)[C@@H]1c1ccc(NCC2CCCCC2)cc1. The summed E-state index contributed by atoms with van der Waals surface area (Å²) in [6.45, 7) is 3.66. The van der Waals surface area contributed by atoms with Gasteiger partial charge in [0.25, 0.3) is 0 Å². The van der Waals surface area contributed by atoms with Crippen LogP contribution >= 0.6 is 0 Å². The Balaban J connectivity index is 1.47. The fourth-order valence-corrected chi connectivity index (χ4v) is 6.85. The van der Waals surface area contributed by atoms with Crippen LogP contribution in [0.25, 0.3) is 0 Å². The monoisotopic (exact) mass is 601 g/mol. The summed E-state index contributed by atoms with van der Waals surface area (Å²) >= 11 is 0. The lowest BCUT2D eigenvalue weighted by molar-refractivity contribution is -0.151. The molecule has 2 aliphatic rings. The number of nitrogens with one attached hydrogen (secondary N) is 1. The first-order valence-corrected chi connectivity index (χ1v) is 16.2. The van der Waals surface area contributed by atoms with Crippen LogP contribution in [0.3, 0.4) is 0 Å². The molecule has 4 aromatic carbocycles. The number of carbonyl (C=O) groups excluding carboxylic acids is 1. The first kappa shape index (κ1) is 30.4. The van der Waals surface area contributed by atoms with Crippen LogP contribution in [0.2, 0.25) is 0 Å². The third-order valence-corrected chi connectivity index (χ3v) is 9.15. The highest BCUT2D eigenvalue weighted by atomic mass is 16.5. The Morgan fingerprint density at radius 1 is 0.867 bits per heavy atom. The fourth-order valence-electron chi connectivity index (χ4n) is 6.85. The number of amidine groups is 1. The van der Waals surface area contributed by atoms with Gasteiger partial charge in [-0.1, -0.05) is 92.1 Å². The minimum atomic E-state index is -1.32. The highest BCUT2D eigenvalue weighted by Gasteiger charge is 2.57. The molecule has 1 N–H and O–H groups in total. The molecule has 1 aliphatic carbocycles. The molecule has 6 heteroatoms. The Kier molecular flexibility index (Phi) is 9.49. The third-order valence-electron chi connectivity index (χ3n) is 9.15. The molecule has 45 heavy (non-hydrogen) atoms. The molecule has 1 fully saturated rings. The van der Waals surface area contributed by atoms with Gasteiger partial charge in [0.1, 0.15) is 11.6 Å². The van der Waals surface area contributed by atoms with Crippen molar-refractivity contribution in [2.45, 2.75) is 57.2 Å². The molecule has 2 atom stereocenters. The van der Waals surface area contributed by atoms with Gasteiger partial charge in [0, 0.05) is 24.3 Å². The van der Waals surface area contributed by atoms with Gasteiger partial charge >= 0.3 is 5.97 Å². The van der Waals surface area contributed by atoms with Crippen molar-refractivity contribution in [1.29, 1.82) is 0 Å². The summed E-state index contributed by atoms with van der Waals surface area (Å²) in [4.78, 5) is 22.1. The van der Waals surface area contributed by atoms with Gasteiger partial charge in [0.2, 0.25) is 5.54 Å². The van der Waals surface area contributed by atoms with Gasteiger partial charge < -0.3 is 19.7 Å². The molecular formula is C39H43N3O3. The van der Waals surface area contributed by atoms with Gasteiger partial charge in [-0.15, -0.1) is 0 Å². The van der Waals surface area contributed by atoms with E-state index in [1.165, 1.54) is 32.1 Å². The first-order chi connectivity index (χ1) is 22.1. The maximum Gasteiger partial charge on any atom is 0.341 e. The molecule has 0 saturated heterocycles. The number of aliphatic imine (C=N–C) groups is 1. The average molecular weight is 602 g/mol. The van der Waals surface area contributed by atoms with Gasteiger partial charge in [-0.25, -0.2) is 9.79 Å². The molecule has 0 spiro atoms. The van der Waals surface area contributed by atoms with Crippen molar-refractivity contribution in [2.24, 2.45) is 10.9 Å². The smallest absolute Gasteiger partial charge is 0.341 e. The quantitative estimate of drug-likeness (QED) is 0.176. The minimum Gasteiger partial charge on any atom is -0.497 e. The van der Waals surface area contributed by atoms with Crippen LogP contribution in [0.4, 0.5) is 5.69 Å². The Labute approximate surface area is 267 Å². The lowest BCUT2D eigenvalue weighted by Gasteiger charge is -2.37. The standard InChI is InChI=1S/C39H43N3O3/c1-3-45-38(43)39(33-17-11-6-12-18-33)36(31-19-23-34(24-20-31)40-27-29-13-7-4-8-14-29)42(28-30-15-9-5-10-16-30)37(41-39)32-21-25-35(44-2)26-22-32/h5-6,9-12,15-26,29,36,40H,3-4,7-8,13-14,27-28H2,1-2H3/t36-,39-/m1/s1. The summed E-state index contributed by atoms with van der Waals surface area (Å²) in [5.74, 6) is 1.87. The molecule has 1 aliphatic heterocycles. The lowest BCUT2D eigenvalue weighted by Crippen LogP contribution is -2.44. The third kappa shape index (κ3) is 6.46. The second kappa shape index (κ2) is 14.0. The molecule has 232 valence electrons. The van der Waals surface area contributed by atoms with Crippen molar-refractivity contribution in [1.82, 2.24) is 4.90 Å². The predicted octanol–water partition coefficient (Wildman–Crippen LogP) is 8.15. The normalized spacial score (nSPS) is 20.0. The van der Waals surface area contributed by atoms with Crippen molar-refractivity contribution in [3.05, 3.63) is 131 Å². The number of carbonyl (C=O) groups is 1. The number of hydrogen-bond acceptors (Lipinski definition) is 6. The van der Waals surface area contributed by atoms with Crippen LogP contribution in [0.15, 0.2) is 114 Å². The number of esters is 1. The number of ether oxygens (including phenoxy) is 2. The van der Waals surface area contributed by atoms with Gasteiger partial charge in [0.05, 0.1) is 19.8 Å². The number of hydrogen-bond donors (Lipinski definition) is 1. The van der Waals surface area contributed by atoms with E-state index < -0.39 is 11.6 Å². The van der Waals surface area contributed by atoms with Gasteiger partial charge in [0.15, 0.2) is 0 Å². The van der Waals surface area contributed by atoms with Crippen LogP contribution in [0.1, 0.15) is 67.3 Å². The maximum absolute atomic E-state index is 14.4. The van der Waals surface area contributed by atoms with E-state index in [9.17, 15) is 4.79 Å². The Hall–Kier alpha value is -4.58. The summed E-state index contributed by atoms with van der Waals surface area (Å²) in [6, 6.07) is 36.3. The number of methoxy groups -OCH3 is 1.